The average Bonchev–Trinajstić information content (AvgIpc) is 2.71. The van der Waals surface area contributed by atoms with Crippen molar-refractivity contribution < 1.29 is 4.79 Å². The molecule has 0 aliphatic carbocycles. The maximum Gasteiger partial charge on any atom is 0.220 e. The molecule has 29 heavy (non-hydrogen) atoms. The van der Waals surface area contributed by atoms with Gasteiger partial charge in [-0.05, 0) is 51.3 Å². The number of likely N-dealkylation sites (tertiary alicyclic amines) is 1. The normalized spacial score (nSPS) is 15.2. The number of rotatable bonds is 9. The van der Waals surface area contributed by atoms with E-state index < -0.39 is 0 Å². The predicted molar refractivity (Wildman–Crippen MR) is 132 cm³/mol. The molecule has 6 nitrogen and oxygen atoms in total. The highest BCUT2D eigenvalue weighted by Crippen LogP contribution is 2.20. The molecule has 1 aromatic rings. The fraction of sp³-hybridized carbons (Fsp3) is 0.636. The largest absolute Gasteiger partial charge is 0.359 e. The first kappa shape index (κ1) is 25.7. The van der Waals surface area contributed by atoms with Gasteiger partial charge in [0.2, 0.25) is 5.91 Å². The number of hydrogen-bond acceptors (Lipinski definition) is 3. The minimum Gasteiger partial charge on any atom is -0.359 e. The Bertz CT molecular complexity index is 602. The summed E-state index contributed by atoms with van der Waals surface area (Å²) in [5, 5.41) is 6.16. The van der Waals surface area contributed by atoms with Crippen molar-refractivity contribution in [2.75, 3.05) is 46.8 Å². The van der Waals surface area contributed by atoms with Gasteiger partial charge in [-0.25, -0.2) is 0 Å². The minimum absolute atomic E-state index is 0. The van der Waals surface area contributed by atoms with Gasteiger partial charge in [0.15, 0.2) is 5.96 Å². The van der Waals surface area contributed by atoms with E-state index in [4.69, 9.17) is 4.99 Å². The third kappa shape index (κ3) is 9.80. The molecule has 1 fully saturated rings. The Morgan fingerprint density at radius 3 is 2.55 bits per heavy atom. The monoisotopic (exact) mass is 515 g/mol. The topological polar surface area (TPSA) is 60.0 Å². The molecule has 0 atom stereocenters. The minimum atomic E-state index is 0. The maximum absolute atomic E-state index is 11.6. The second-order valence-corrected chi connectivity index (χ2v) is 7.62. The van der Waals surface area contributed by atoms with Gasteiger partial charge in [-0.3, -0.25) is 9.79 Å². The van der Waals surface area contributed by atoms with Gasteiger partial charge in [0.05, 0.1) is 0 Å². The molecule has 0 bridgehead atoms. The van der Waals surface area contributed by atoms with Gasteiger partial charge in [-0.1, -0.05) is 30.3 Å². The molecule has 2 N–H and O–H groups in total. The Kier molecular flexibility index (Phi) is 12.9. The summed E-state index contributed by atoms with van der Waals surface area (Å²) in [6, 6.07) is 10.6. The lowest BCUT2D eigenvalue weighted by atomic mass is 9.93. The molecular weight excluding hydrogens is 477 g/mol. The molecule has 0 saturated carbocycles. The van der Waals surface area contributed by atoms with Crippen LogP contribution in [-0.2, 0) is 11.3 Å². The summed E-state index contributed by atoms with van der Waals surface area (Å²) < 4.78 is 0. The molecule has 0 spiro atoms. The Balaban J connectivity index is 0.00000420. The van der Waals surface area contributed by atoms with Crippen molar-refractivity contribution in [3.05, 3.63) is 35.9 Å². The fourth-order valence-electron chi connectivity index (χ4n) is 3.64. The lowest BCUT2D eigenvalue weighted by molar-refractivity contribution is -0.121. The van der Waals surface area contributed by atoms with Gasteiger partial charge >= 0.3 is 0 Å². The number of carbonyl (C=O) groups is 1. The van der Waals surface area contributed by atoms with Gasteiger partial charge in [0.25, 0.3) is 0 Å². The molecule has 164 valence electrons. The van der Waals surface area contributed by atoms with Crippen LogP contribution in [0.25, 0.3) is 0 Å². The zero-order chi connectivity index (χ0) is 20.2. The maximum atomic E-state index is 11.6. The highest BCUT2D eigenvalue weighted by Gasteiger charge is 2.22. The molecule has 7 heteroatoms. The number of benzene rings is 1. The summed E-state index contributed by atoms with van der Waals surface area (Å²) in [6.45, 7) is 7.78. The van der Waals surface area contributed by atoms with Gasteiger partial charge < -0.3 is 20.4 Å². The van der Waals surface area contributed by atoms with Crippen LogP contribution in [0.15, 0.2) is 35.3 Å². The third-order valence-electron chi connectivity index (χ3n) is 5.26. The van der Waals surface area contributed by atoms with Crippen LogP contribution in [0.3, 0.4) is 0 Å². The average molecular weight is 515 g/mol. The van der Waals surface area contributed by atoms with Crippen molar-refractivity contribution in [3.8, 4) is 0 Å². The van der Waals surface area contributed by atoms with Crippen LogP contribution in [0, 0.1) is 5.92 Å². The van der Waals surface area contributed by atoms with E-state index in [1.165, 1.54) is 5.56 Å². The van der Waals surface area contributed by atoms with E-state index in [9.17, 15) is 4.79 Å². The molecular formula is C22H38IN5O. The van der Waals surface area contributed by atoms with Crippen molar-refractivity contribution in [1.29, 1.82) is 0 Å². The Morgan fingerprint density at radius 2 is 1.93 bits per heavy atom. The van der Waals surface area contributed by atoms with Crippen LogP contribution in [0.4, 0.5) is 0 Å². The fourth-order valence-corrected chi connectivity index (χ4v) is 3.64. The molecule has 1 aliphatic rings. The predicted octanol–water partition coefficient (Wildman–Crippen LogP) is 2.94. The SMILES string of the molecule is CCNC(=NCCCN(C)Cc1ccccc1)N1CCC(CC(=O)NC)CC1.I. The molecule has 0 aromatic heterocycles. The summed E-state index contributed by atoms with van der Waals surface area (Å²) in [5.74, 6) is 1.66. The molecule has 1 saturated heterocycles. The highest BCUT2D eigenvalue weighted by atomic mass is 127. The summed E-state index contributed by atoms with van der Waals surface area (Å²) >= 11 is 0. The standard InChI is InChI=1S/C22H37N5O.HI/c1-4-24-22(27-15-11-19(12-16-27)17-21(28)23-2)25-13-8-14-26(3)18-20-9-6-5-7-10-20;/h5-7,9-10,19H,4,8,11-18H2,1-3H3,(H,23,28)(H,24,25);1H. The summed E-state index contributed by atoms with van der Waals surface area (Å²) in [7, 11) is 3.88. The zero-order valence-electron chi connectivity index (χ0n) is 18.2. The van der Waals surface area contributed by atoms with Crippen molar-refractivity contribution in [2.45, 2.75) is 39.2 Å². The van der Waals surface area contributed by atoms with Crippen LogP contribution < -0.4 is 10.6 Å². The van der Waals surface area contributed by atoms with Crippen molar-refractivity contribution in [2.24, 2.45) is 10.9 Å². The molecule has 0 radical (unpaired) electrons. The lowest BCUT2D eigenvalue weighted by Gasteiger charge is -2.34. The van der Waals surface area contributed by atoms with E-state index in [1.807, 2.05) is 0 Å². The number of hydrogen-bond donors (Lipinski definition) is 2. The number of nitrogens with zero attached hydrogens (tertiary/aromatic N) is 3. The number of piperidine rings is 1. The first-order valence-corrected chi connectivity index (χ1v) is 10.6. The summed E-state index contributed by atoms with van der Waals surface area (Å²) in [4.78, 5) is 21.1. The smallest absolute Gasteiger partial charge is 0.220 e. The second-order valence-electron chi connectivity index (χ2n) is 7.62. The Labute approximate surface area is 193 Å². The van der Waals surface area contributed by atoms with Crippen molar-refractivity contribution >= 4 is 35.8 Å². The molecule has 1 aromatic carbocycles. The van der Waals surface area contributed by atoms with Crippen molar-refractivity contribution in [3.63, 3.8) is 0 Å². The van der Waals surface area contributed by atoms with Crippen molar-refractivity contribution in [1.82, 2.24) is 20.4 Å². The number of halogens is 1. The number of guanidine groups is 1. The molecule has 2 rings (SSSR count). The Hall–Kier alpha value is -1.35. The van der Waals surface area contributed by atoms with E-state index in [1.54, 1.807) is 7.05 Å². The molecule has 1 aliphatic heterocycles. The number of aliphatic imine (C=N–C) groups is 1. The highest BCUT2D eigenvalue weighted by molar-refractivity contribution is 14.0. The Morgan fingerprint density at radius 1 is 1.24 bits per heavy atom. The number of amides is 1. The molecule has 1 amide bonds. The summed E-state index contributed by atoms with van der Waals surface area (Å²) in [5.41, 5.74) is 1.35. The zero-order valence-corrected chi connectivity index (χ0v) is 20.5. The first-order valence-electron chi connectivity index (χ1n) is 10.6. The van der Waals surface area contributed by atoms with Crippen LogP contribution in [0.2, 0.25) is 0 Å². The van der Waals surface area contributed by atoms with E-state index in [0.29, 0.717) is 12.3 Å². The van der Waals surface area contributed by atoms with Gasteiger partial charge in [0, 0.05) is 46.2 Å². The number of nitrogens with one attached hydrogen (secondary N) is 2. The van der Waals surface area contributed by atoms with E-state index in [2.05, 4.69) is 64.7 Å². The van der Waals surface area contributed by atoms with Crippen LogP contribution in [0.5, 0.6) is 0 Å². The quantitative estimate of drug-likeness (QED) is 0.230. The van der Waals surface area contributed by atoms with E-state index in [-0.39, 0.29) is 29.9 Å². The first-order chi connectivity index (χ1) is 13.6. The number of carbonyl (C=O) groups excluding carboxylic acids is 1. The second kappa shape index (κ2) is 14.6. The van der Waals surface area contributed by atoms with Gasteiger partial charge in [-0.15, -0.1) is 24.0 Å². The molecule has 1 heterocycles. The van der Waals surface area contributed by atoms with Crippen LogP contribution in [-0.4, -0.2) is 68.5 Å². The van der Waals surface area contributed by atoms with Gasteiger partial charge in [0.1, 0.15) is 0 Å². The molecule has 0 unspecified atom stereocenters. The van der Waals surface area contributed by atoms with E-state index >= 15 is 0 Å². The van der Waals surface area contributed by atoms with Gasteiger partial charge in [-0.2, -0.15) is 0 Å². The third-order valence-corrected chi connectivity index (χ3v) is 5.26. The van der Waals surface area contributed by atoms with Crippen LogP contribution in [0.1, 0.15) is 38.2 Å². The van der Waals surface area contributed by atoms with E-state index in [0.717, 1.165) is 64.5 Å². The van der Waals surface area contributed by atoms with Crippen LogP contribution >= 0.6 is 24.0 Å². The lowest BCUT2D eigenvalue weighted by Crippen LogP contribution is -2.46. The summed E-state index contributed by atoms with van der Waals surface area (Å²) in [6.07, 6.45) is 3.80.